The van der Waals surface area contributed by atoms with E-state index in [9.17, 15) is 19.5 Å². The van der Waals surface area contributed by atoms with E-state index >= 15 is 0 Å². The molecule has 2 amide bonds. The van der Waals surface area contributed by atoms with Crippen LogP contribution in [0, 0.1) is 5.92 Å². The molecule has 2 rings (SSSR count). The molecule has 1 saturated heterocycles. The first kappa shape index (κ1) is 21.4. The highest BCUT2D eigenvalue weighted by molar-refractivity contribution is 8.22. The number of hydrogen-bond acceptors (Lipinski definition) is 8. The van der Waals surface area contributed by atoms with E-state index in [1.165, 1.54) is 40.6 Å². The Morgan fingerprint density at radius 1 is 1.37 bits per heavy atom. The molecular formula is C17H22N2O6S2. The Balaban J connectivity index is 1.99. The second kappa shape index (κ2) is 9.86. The Morgan fingerprint density at radius 2 is 2.04 bits per heavy atom. The molecule has 8 nitrogen and oxygen atoms in total. The number of alkyl carbamates (subject to hydrolysis) is 1. The second-order valence-electron chi connectivity index (χ2n) is 5.67. The van der Waals surface area contributed by atoms with Crippen LogP contribution in [0.5, 0.6) is 0 Å². The molecule has 0 saturated carbocycles. The molecule has 2 aliphatic rings. The van der Waals surface area contributed by atoms with Crippen LogP contribution in [-0.2, 0) is 19.1 Å². The van der Waals surface area contributed by atoms with Crippen LogP contribution in [-0.4, -0.2) is 65.0 Å². The molecule has 1 unspecified atom stereocenters. The fraction of sp³-hybridized carbons (Fsp3) is 0.471. The maximum Gasteiger partial charge on any atom is 0.407 e. The lowest BCUT2D eigenvalue weighted by atomic mass is 9.92. The number of hydrogen-bond donors (Lipinski definition) is 2. The summed E-state index contributed by atoms with van der Waals surface area (Å²) in [5, 5.41) is 12.1. The van der Waals surface area contributed by atoms with E-state index < -0.39 is 24.1 Å². The molecule has 10 heteroatoms. The van der Waals surface area contributed by atoms with Gasteiger partial charge in [-0.25, -0.2) is 9.59 Å². The summed E-state index contributed by atoms with van der Waals surface area (Å²) < 4.78 is 10.5. The van der Waals surface area contributed by atoms with Gasteiger partial charge in [0.25, 0.3) is 0 Å². The molecule has 0 spiro atoms. The highest BCUT2D eigenvalue weighted by atomic mass is 32.2. The van der Waals surface area contributed by atoms with Crippen molar-refractivity contribution in [3.05, 3.63) is 35.2 Å². The van der Waals surface area contributed by atoms with Gasteiger partial charge in [-0.1, -0.05) is 37.1 Å². The maximum absolute atomic E-state index is 12.4. The summed E-state index contributed by atoms with van der Waals surface area (Å²) in [6, 6.07) is 0. The lowest BCUT2D eigenvalue weighted by Gasteiger charge is -2.43. The normalized spacial score (nSPS) is 21.9. The third kappa shape index (κ3) is 4.88. The van der Waals surface area contributed by atoms with E-state index in [4.69, 9.17) is 9.47 Å². The third-order valence-electron chi connectivity index (χ3n) is 3.73. The van der Waals surface area contributed by atoms with Gasteiger partial charge < -0.3 is 19.9 Å². The van der Waals surface area contributed by atoms with Crippen molar-refractivity contribution in [2.24, 2.45) is 5.92 Å². The number of thioether (sulfide) groups is 2. The van der Waals surface area contributed by atoms with E-state index in [-0.39, 0.29) is 30.2 Å². The first-order chi connectivity index (χ1) is 12.9. The van der Waals surface area contributed by atoms with E-state index in [2.05, 4.69) is 18.5 Å². The highest BCUT2D eigenvalue weighted by Gasteiger charge is 2.57. The average Bonchev–Trinajstić information content (AvgIpc) is 2.95. The van der Waals surface area contributed by atoms with Crippen LogP contribution in [0.15, 0.2) is 35.2 Å². The number of aliphatic hydroxyl groups excluding tert-OH is 1. The predicted molar refractivity (Wildman–Crippen MR) is 104 cm³/mol. The topological polar surface area (TPSA) is 105 Å². The van der Waals surface area contributed by atoms with Crippen molar-refractivity contribution in [1.82, 2.24) is 10.2 Å². The molecule has 2 N–H and O–H groups in total. The molecule has 2 heterocycles. The zero-order valence-corrected chi connectivity index (χ0v) is 16.5. The fourth-order valence-electron chi connectivity index (χ4n) is 2.53. The fourth-order valence-corrected chi connectivity index (χ4v) is 5.37. The molecule has 27 heavy (non-hydrogen) atoms. The van der Waals surface area contributed by atoms with Gasteiger partial charge in [0.15, 0.2) is 5.70 Å². The Bertz CT molecular complexity index is 664. The van der Waals surface area contributed by atoms with Crippen LogP contribution in [0.4, 0.5) is 4.79 Å². The van der Waals surface area contributed by atoms with Crippen molar-refractivity contribution in [3.63, 3.8) is 0 Å². The van der Waals surface area contributed by atoms with Gasteiger partial charge in [-0.15, -0.1) is 11.8 Å². The summed E-state index contributed by atoms with van der Waals surface area (Å²) in [5.74, 6) is -0.988. The van der Waals surface area contributed by atoms with Crippen molar-refractivity contribution < 1.29 is 29.0 Å². The number of ether oxygens (including phenoxy) is 2. The van der Waals surface area contributed by atoms with Crippen molar-refractivity contribution in [3.8, 4) is 0 Å². The maximum atomic E-state index is 12.4. The quantitative estimate of drug-likeness (QED) is 0.239. The van der Waals surface area contributed by atoms with Crippen molar-refractivity contribution in [2.75, 3.05) is 25.5 Å². The molecule has 0 bridgehead atoms. The van der Waals surface area contributed by atoms with E-state index in [1.54, 1.807) is 6.92 Å². The SMILES string of the molecule is C=CCOC(=O)NCCSC1=C(C(=O)OCC=C)N2C(=O)[C@@H](C(C)O)[C@H]2S1. The summed E-state index contributed by atoms with van der Waals surface area (Å²) in [6.07, 6.45) is 1.56. The van der Waals surface area contributed by atoms with Gasteiger partial charge in [0.05, 0.1) is 16.3 Å². The first-order valence-corrected chi connectivity index (χ1v) is 10.1. The second-order valence-corrected chi connectivity index (χ2v) is 8.16. The minimum absolute atomic E-state index is 0.0359. The lowest BCUT2D eigenvalue weighted by Crippen LogP contribution is -2.60. The number of rotatable bonds is 10. The standard InChI is InChI=1S/C17H22N2O6S2/c1-4-7-24-15(22)12-16(26-9-6-18-17(23)25-8-5-2)27-14-11(10(3)20)13(21)19(12)14/h4-5,10-11,14,20H,1-2,6-9H2,3H3,(H,18,23)/t10?,11-,14-/m1/s1. The van der Waals surface area contributed by atoms with Crippen molar-refractivity contribution in [1.29, 1.82) is 0 Å². The smallest absolute Gasteiger partial charge is 0.407 e. The minimum Gasteiger partial charge on any atom is -0.457 e. The van der Waals surface area contributed by atoms with Crippen LogP contribution < -0.4 is 5.32 Å². The molecule has 0 aromatic heterocycles. The number of aliphatic hydroxyl groups is 1. The van der Waals surface area contributed by atoms with Crippen LogP contribution in [0.25, 0.3) is 0 Å². The Morgan fingerprint density at radius 3 is 2.67 bits per heavy atom. The summed E-state index contributed by atoms with van der Waals surface area (Å²) in [7, 11) is 0. The largest absolute Gasteiger partial charge is 0.457 e. The lowest BCUT2D eigenvalue weighted by molar-refractivity contribution is -0.157. The summed E-state index contributed by atoms with van der Waals surface area (Å²) in [6.45, 7) is 8.99. The Labute approximate surface area is 166 Å². The monoisotopic (exact) mass is 414 g/mol. The Kier molecular flexibility index (Phi) is 7.81. The van der Waals surface area contributed by atoms with Crippen LogP contribution in [0.1, 0.15) is 6.92 Å². The van der Waals surface area contributed by atoms with Crippen LogP contribution in [0.3, 0.4) is 0 Å². The van der Waals surface area contributed by atoms with Gasteiger partial charge >= 0.3 is 12.1 Å². The zero-order chi connectivity index (χ0) is 20.0. The molecule has 0 aromatic rings. The molecule has 148 valence electrons. The van der Waals surface area contributed by atoms with Crippen molar-refractivity contribution in [2.45, 2.75) is 18.4 Å². The van der Waals surface area contributed by atoms with Gasteiger partial charge in [-0.3, -0.25) is 9.69 Å². The molecule has 0 aliphatic carbocycles. The summed E-state index contributed by atoms with van der Waals surface area (Å²) in [4.78, 5) is 37.5. The van der Waals surface area contributed by atoms with Gasteiger partial charge in [0.1, 0.15) is 18.6 Å². The third-order valence-corrected chi connectivity index (χ3v) is 6.39. The number of nitrogens with zero attached hydrogens (tertiary/aromatic N) is 1. The molecule has 2 aliphatic heterocycles. The Hall–Kier alpha value is -1.91. The summed E-state index contributed by atoms with van der Waals surface area (Å²) in [5.41, 5.74) is 0.188. The van der Waals surface area contributed by atoms with E-state index in [0.29, 0.717) is 16.5 Å². The zero-order valence-electron chi connectivity index (χ0n) is 14.9. The van der Waals surface area contributed by atoms with E-state index in [1.807, 2.05) is 0 Å². The van der Waals surface area contributed by atoms with Gasteiger partial charge in [0, 0.05) is 12.3 Å². The minimum atomic E-state index is -0.803. The number of carbonyl (C=O) groups excluding carboxylic acids is 3. The van der Waals surface area contributed by atoms with Gasteiger partial charge in [0.2, 0.25) is 5.91 Å². The number of β-lactam (4-membered cyclic amide) rings is 1. The number of carbonyl (C=O) groups is 3. The molecule has 0 aromatic carbocycles. The number of amides is 2. The van der Waals surface area contributed by atoms with Gasteiger partial charge in [-0.05, 0) is 6.92 Å². The molecule has 1 fully saturated rings. The van der Waals surface area contributed by atoms with Gasteiger partial charge in [-0.2, -0.15) is 0 Å². The molecule has 0 radical (unpaired) electrons. The van der Waals surface area contributed by atoms with Crippen molar-refractivity contribution >= 4 is 41.5 Å². The molecular weight excluding hydrogens is 392 g/mol. The first-order valence-electron chi connectivity index (χ1n) is 8.26. The average molecular weight is 415 g/mol. The molecule has 3 atom stereocenters. The van der Waals surface area contributed by atoms with E-state index in [0.717, 1.165) is 0 Å². The highest BCUT2D eigenvalue weighted by Crippen LogP contribution is 2.53. The number of esters is 1. The predicted octanol–water partition coefficient (Wildman–Crippen LogP) is 1.44. The number of fused-ring (bicyclic) bond motifs is 1. The van der Waals surface area contributed by atoms with Crippen LogP contribution >= 0.6 is 23.5 Å². The summed E-state index contributed by atoms with van der Waals surface area (Å²) >= 11 is 2.68. The van der Waals surface area contributed by atoms with Crippen LogP contribution in [0.2, 0.25) is 0 Å². The number of nitrogens with one attached hydrogen (secondary N) is 1.